The molecule has 0 amide bonds. The van der Waals surface area contributed by atoms with Crippen LogP contribution in [0.1, 0.15) is 32.3 Å². The quantitative estimate of drug-likeness (QED) is 0.565. The van der Waals surface area contributed by atoms with E-state index in [4.69, 9.17) is 4.99 Å². The molecule has 0 saturated carbocycles. The van der Waals surface area contributed by atoms with Crippen LogP contribution < -0.4 is 5.32 Å². The smallest absolute Gasteiger partial charge is 0.193 e. The number of rotatable bonds is 7. The Labute approximate surface area is 178 Å². The lowest BCUT2D eigenvalue weighted by Crippen LogP contribution is -2.47. The maximum absolute atomic E-state index is 5.02. The van der Waals surface area contributed by atoms with Crippen molar-refractivity contribution < 1.29 is 0 Å². The van der Waals surface area contributed by atoms with E-state index in [1.165, 1.54) is 51.0 Å². The van der Waals surface area contributed by atoms with Crippen molar-refractivity contribution in [2.75, 3.05) is 66.0 Å². The molecule has 3 rings (SSSR count). The van der Waals surface area contributed by atoms with Crippen LogP contribution in [-0.4, -0.2) is 86.6 Å². The zero-order valence-corrected chi connectivity index (χ0v) is 18.8. The van der Waals surface area contributed by atoms with Crippen molar-refractivity contribution >= 4 is 5.96 Å². The number of hydrogen-bond acceptors (Lipinski definition) is 3. The molecule has 2 fully saturated rings. The Balaban J connectivity index is 1.45. The van der Waals surface area contributed by atoms with Crippen LogP contribution >= 0.6 is 0 Å². The van der Waals surface area contributed by atoms with Crippen LogP contribution in [0.25, 0.3) is 0 Å². The Morgan fingerprint density at radius 3 is 2.41 bits per heavy atom. The van der Waals surface area contributed by atoms with Crippen molar-refractivity contribution in [3.8, 4) is 0 Å². The van der Waals surface area contributed by atoms with Gasteiger partial charge in [0.15, 0.2) is 5.96 Å². The SMILES string of the molecule is CCNC(=NCC(C)CN1CCN(C)CC1)N1CCC(Cc2ccccc2)CC1. The minimum Gasteiger partial charge on any atom is -0.357 e. The van der Waals surface area contributed by atoms with Gasteiger partial charge in [-0.15, -0.1) is 0 Å². The largest absolute Gasteiger partial charge is 0.357 e. The van der Waals surface area contributed by atoms with E-state index >= 15 is 0 Å². The summed E-state index contributed by atoms with van der Waals surface area (Å²) < 4.78 is 0. The molecule has 0 radical (unpaired) electrons. The summed E-state index contributed by atoms with van der Waals surface area (Å²) in [5.74, 6) is 2.52. The van der Waals surface area contributed by atoms with Gasteiger partial charge in [0, 0.05) is 58.9 Å². The number of nitrogens with one attached hydrogen (secondary N) is 1. The molecule has 1 aromatic rings. The molecule has 162 valence electrons. The molecule has 1 aromatic carbocycles. The summed E-state index contributed by atoms with van der Waals surface area (Å²) in [6.07, 6.45) is 3.73. The maximum Gasteiger partial charge on any atom is 0.193 e. The highest BCUT2D eigenvalue weighted by molar-refractivity contribution is 5.80. The first-order valence-corrected chi connectivity index (χ1v) is 11.6. The predicted molar refractivity (Wildman–Crippen MR) is 124 cm³/mol. The molecule has 2 aliphatic heterocycles. The highest BCUT2D eigenvalue weighted by Gasteiger charge is 2.22. The number of piperazine rings is 1. The standard InChI is InChI=1S/C24H41N5/c1-4-25-24(26-19-21(2)20-28-16-14-27(3)15-17-28)29-12-10-23(11-13-29)18-22-8-6-5-7-9-22/h5-9,21,23H,4,10-20H2,1-3H3,(H,25,26). The average molecular weight is 400 g/mol. The Kier molecular flexibility index (Phi) is 8.81. The summed E-state index contributed by atoms with van der Waals surface area (Å²) >= 11 is 0. The van der Waals surface area contributed by atoms with Crippen molar-refractivity contribution in [3.05, 3.63) is 35.9 Å². The van der Waals surface area contributed by atoms with Crippen molar-refractivity contribution in [3.63, 3.8) is 0 Å². The van der Waals surface area contributed by atoms with Crippen molar-refractivity contribution in [1.29, 1.82) is 0 Å². The molecule has 29 heavy (non-hydrogen) atoms. The maximum atomic E-state index is 5.02. The van der Waals surface area contributed by atoms with Gasteiger partial charge in [-0.25, -0.2) is 0 Å². The van der Waals surface area contributed by atoms with E-state index in [1.54, 1.807) is 0 Å². The number of likely N-dealkylation sites (tertiary alicyclic amines) is 1. The van der Waals surface area contributed by atoms with Crippen molar-refractivity contribution in [1.82, 2.24) is 20.0 Å². The zero-order valence-electron chi connectivity index (χ0n) is 18.8. The van der Waals surface area contributed by atoms with Crippen molar-refractivity contribution in [2.45, 2.75) is 33.1 Å². The zero-order chi connectivity index (χ0) is 20.5. The van der Waals surface area contributed by atoms with Gasteiger partial charge in [0.05, 0.1) is 0 Å². The highest BCUT2D eigenvalue weighted by Crippen LogP contribution is 2.21. The summed E-state index contributed by atoms with van der Waals surface area (Å²) in [7, 11) is 2.22. The van der Waals surface area contributed by atoms with Crippen LogP contribution in [0.3, 0.4) is 0 Å². The minimum atomic E-state index is 0.600. The molecule has 1 unspecified atom stereocenters. The molecule has 0 aliphatic carbocycles. The van der Waals surface area contributed by atoms with E-state index < -0.39 is 0 Å². The molecular formula is C24H41N5. The van der Waals surface area contributed by atoms with Gasteiger partial charge in [-0.05, 0) is 50.6 Å². The Bertz CT molecular complexity index is 601. The highest BCUT2D eigenvalue weighted by atomic mass is 15.3. The van der Waals surface area contributed by atoms with Crippen LogP contribution in [0.5, 0.6) is 0 Å². The average Bonchev–Trinajstić information content (AvgIpc) is 2.74. The number of hydrogen-bond donors (Lipinski definition) is 1. The lowest BCUT2D eigenvalue weighted by Gasteiger charge is -2.35. The first-order valence-electron chi connectivity index (χ1n) is 11.6. The fourth-order valence-electron chi connectivity index (χ4n) is 4.49. The molecule has 0 bridgehead atoms. The van der Waals surface area contributed by atoms with Crippen LogP contribution in [0.4, 0.5) is 0 Å². The van der Waals surface area contributed by atoms with Gasteiger partial charge in [-0.1, -0.05) is 37.3 Å². The summed E-state index contributed by atoms with van der Waals surface area (Å²) in [5, 5.41) is 3.54. The van der Waals surface area contributed by atoms with Crippen molar-refractivity contribution in [2.24, 2.45) is 16.8 Å². The van der Waals surface area contributed by atoms with Crippen LogP contribution in [0, 0.1) is 11.8 Å². The number of likely N-dealkylation sites (N-methyl/N-ethyl adjacent to an activating group) is 1. The molecule has 2 heterocycles. The number of nitrogens with zero attached hydrogens (tertiary/aromatic N) is 4. The third-order valence-corrected chi connectivity index (χ3v) is 6.33. The molecule has 2 aliphatic rings. The topological polar surface area (TPSA) is 34.1 Å². The van der Waals surface area contributed by atoms with Gasteiger partial charge >= 0.3 is 0 Å². The molecule has 0 spiro atoms. The third kappa shape index (κ3) is 7.31. The van der Waals surface area contributed by atoms with E-state index in [0.717, 1.165) is 44.6 Å². The lowest BCUT2D eigenvalue weighted by molar-refractivity contribution is 0.140. The second-order valence-corrected chi connectivity index (χ2v) is 9.02. The van der Waals surface area contributed by atoms with Crippen LogP contribution in [0.2, 0.25) is 0 Å². The van der Waals surface area contributed by atoms with Gasteiger partial charge in [0.2, 0.25) is 0 Å². The number of guanidine groups is 1. The second kappa shape index (κ2) is 11.6. The molecule has 5 heteroatoms. The van der Waals surface area contributed by atoms with Gasteiger partial charge < -0.3 is 20.0 Å². The normalized spacial score (nSPS) is 21.3. The second-order valence-electron chi connectivity index (χ2n) is 9.02. The van der Waals surface area contributed by atoms with E-state index in [1.807, 2.05) is 0 Å². The first-order chi connectivity index (χ1) is 14.1. The van der Waals surface area contributed by atoms with E-state index in [-0.39, 0.29) is 0 Å². The fourth-order valence-corrected chi connectivity index (χ4v) is 4.49. The van der Waals surface area contributed by atoms with E-state index in [9.17, 15) is 0 Å². The molecule has 2 saturated heterocycles. The lowest BCUT2D eigenvalue weighted by atomic mass is 9.90. The van der Waals surface area contributed by atoms with Crippen LogP contribution in [-0.2, 0) is 6.42 Å². The molecule has 1 atom stereocenters. The Hall–Kier alpha value is -1.59. The Morgan fingerprint density at radius 2 is 1.76 bits per heavy atom. The summed E-state index contributed by atoms with van der Waals surface area (Å²) in [4.78, 5) is 12.5. The van der Waals surface area contributed by atoms with E-state index in [2.05, 4.69) is 71.2 Å². The summed E-state index contributed by atoms with van der Waals surface area (Å²) in [6, 6.07) is 10.9. The molecule has 0 aromatic heterocycles. The minimum absolute atomic E-state index is 0.600. The molecule has 1 N–H and O–H groups in total. The monoisotopic (exact) mass is 399 g/mol. The summed E-state index contributed by atoms with van der Waals surface area (Å²) in [6.45, 7) is 14.5. The molecular weight excluding hydrogens is 358 g/mol. The first kappa shape index (κ1) is 22.1. The van der Waals surface area contributed by atoms with Gasteiger partial charge in [-0.2, -0.15) is 0 Å². The number of aliphatic imine (C=N–C) groups is 1. The van der Waals surface area contributed by atoms with Crippen LogP contribution in [0.15, 0.2) is 35.3 Å². The van der Waals surface area contributed by atoms with Gasteiger partial charge in [0.1, 0.15) is 0 Å². The molecule has 5 nitrogen and oxygen atoms in total. The van der Waals surface area contributed by atoms with Gasteiger partial charge in [-0.3, -0.25) is 4.99 Å². The van der Waals surface area contributed by atoms with E-state index in [0.29, 0.717) is 5.92 Å². The Morgan fingerprint density at radius 1 is 1.07 bits per heavy atom. The number of benzene rings is 1. The number of piperidine rings is 1. The predicted octanol–water partition coefficient (Wildman–Crippen LogP) is 2.79. The third-order valence-electron chi connectivity index (χ3n) is 6.33. The van der Waals surface area contributed by atoms with Gasteiger partial charge in [0.25, 0.3) is 0 Å². The fraction of sp³-hybridized carbons (Fsp3) is 0.708. The summed E-state index contributed by atoms with van der Waals surface area (Å²) in [5.41, 5.74) is 1.48.